The third kappa shape index (κ3) is 3.36. The summed E-state index contributed by atoms with van der Waals surface area (Å²) in [4.78, 5) is 21.8. The molecule has 3 amide bonds. The van der Waals surface area contributed by atoms with Gasteiger partial charge in [0.25, 0.3) is 0 Å². The first-order valence-electron chi connectivity index (χ1n) is 5.05. The van der Waals surface area contributed by atoms with E-state index in [0.29, 0.717) is 0 Å². The van der Waals surface area contributed by atoms with Crippen LogP contribution >= 0.6 is 11.6 Å². The number of imide groups is 1. The maximum Gasteiger partial charge on any atom is 0.318 e. The maximum absolute atomic E-state index is 12.2. The van der Waals surface area contributed by atoms with Crippen molar-refractivity contribution < 1.29 is 18.0 Å². The molecule has 5 N–H and O–H groups in total. The maximum atomic E-state index is 12.2. The highest BCUT2D eigenvalue weighted by Crippen LogP contribution is 2.26. The van der Waals surface area contributed by atoms with Crippen molar-refractivity contribution in [2.24, 2.45) is 5.73 Å². The number of rotatable bonds is 3. The summed E-state index contributed by atoms with van der Waals surface area (Å²) < 4.78 is 24.4. The molecule has 1 rings (SSSR count). The van der Waals surface area contributed by atoms with Gasteiger partial charge >= 0.3 is 6.03 Å². The van der Waals surface area contributed by atoms with Crippen LogP contribution in [0.2, 0.25) is 5.02 Å². The molecule has 0 radical (unpaired) electrons. The third-order valence-corrected chi connectivity index (χ3v) is 4.71. The topological polar surface area (TPSA) is 132 Å². The lowest BCUT2D eigenvalue weighted by Crippen LogP contribution is -2.43. The molecular weight excluding hydrogens is 294 g/mol. The highest BCUT2D eigenvalue weighted by atomic mass is 35.5. The molecule has 7 nitrogen and oxygen atoms in total. The lowest BCUT2D eigenvalue weighted by atomic mass is 10.3. The quantitative estimate of drug-likeness (QED) is 0.690. The second-order valence-corrected chi connectivity index (χ2v) is 6.40. The molecule has 0 bridgehead atoms. The van der Waals surface area contributed by atoms with Crippen LogP contribution in [0.15, 0.2) is 23.1 Å². The summed E-state index contributed by atoms with van der Waals surface area (Å²) in [6, 6.07) is 2.74. The van der Waals surface area contributed by atoms with Crippen LogP contribution in [0.25, 0.3) is 0 Å². The van der Waals surface area contributed by atoms with E-state index in [-0.39, 0.29) is 15.6 Å². The summed E-state index contributed by atoms with van der Waals surface area (Å²) in [5.41, 5.74) is 10.3. The normalized spacial score (nSPS) is 12.7. The number of primary amides is 1. The van der Waals surface area contributed by atoms with Crippen LogP contribution in [0.3, 0.4) is 0 Å². The minimum Gasteiger partial charge on any atom is -0.398 e. The van der Waals surface area contributed by atoms with E-state index in [1.54, 1.807) is 5.32 Å². The number of carbonyl (C=O) groups is 2. The molecule has 19 heavy (non-hydrogen) atoms. The summed E-state index contributed by atoms with van der Waals surface area (Å²) in [5, 5.41) is 0.335. The predicted molar refractivity (Wildman–Crippen MR) is 70.2 cm³/mol. The molecule has 1 atom stereocenters. The first kappa shape index (κ1) is 15.3. The van der Waals surface area contributed by atoms with Crippen LogP contribution in [0.5, 0.6) is 0 Å². The fourth-order valence-electron chi connectivity index (χ4n) is 1.31. The van der Waals surface area contributed by atoms with Crippen LogP contribution in [-0.2, 0) is 14.6 Å². The van der Waals surface area contributed by atoms with E-state index in [1.807, 2.05) is 0 Å². The second kappa shape index (κ2) is 5.45. The Morgan fingerprint density at radius 1 is 1.37 bits per heavy atom. The Labute approximate surface area is 114 Å². The van der Waals surface area contributed by atoms with E-state index in [0.717, 1.165) is 13.0 Å². The number of urea groups is 1. The van der Waals surface area contributed by atoms with Gasteiger partial charge in [0.05, 0.1) is 10.6 Å². The number of nitrogens with two attached hydrogens (primary N) is 2. The zero-order valence-corrected chi connectivity index (χ0v) is 11.5. The van der Waals surface area contributed by atoms with Crippen molar-refractivity contribution in [1.82, 2.24) is 5.32 Å². The van der Waals surface area contributed by atoms with Gasteiger partial charge < -0.3 is 11.5 Å². The number of anilines is 1. The van der Waals surface area contributed by atoms with Gasteiger partial charge in [-0.05, 0) is 25.1 Å². The lowest BCUT2D eigenvalue weighted by Gasteiger charge is -2.13. The molecular formula is C10H12ClN3O4S. The van der Waals surface area contributed by atoms with Gasteiger partial charge in [-0.25, -0.2) is 13.2 Å². The Balaban J connectivity index is 3.20. The molecule has 0 aliphatic heterocycles. The second-order valence-electron chi connectivity index (χ2n) is 3.72. The van der Waals surface area contributed by atoms with Gasteiger partial charge in [0.2, 0.25) is 5.91 Å². The Hall–Kier alpha value is -1.80. The van der Waals surface area contributed by atoms with Gasteiger partial charge in [-0.1, -0.05) is 11.6 Å². The Morgan fingerprint density at radius 2 is 1.95 bits per heavy atom. The summed E-state index contributed by atoms with van der Waals surface area (Å²) in [7, 11) is -4.07. The average molecular weight is 306 g/mol. The molecule has 0 aromatic heterocycles. The molecule has 1 unspecified atom stereocenters. The van der Waals surface area contributed by atoms with Gasteiger partial charge in [0.15, 0.2) is 9.84 Å². The fraction of sp³-hybridized carbons (Fsp3) is 0.200. The van der Waals surface area contributed by atoms with Crippen molar-refractivity contribution in [3.05, 3.63) is 23.2 Å². The zero-order valence-electron chi connectivity index (χ0n) is 9.88. The summed E-state index contributed by atoms with van der Waals surface area (Å²) in [5.74, 6) is -1.04. The van der Waals surface area contributed by atoms with E-state index >= 15 is 0 Å². The fourth-order valence-corrected chi connectivity index (χ4v) is 2.96. The third-order valence-electron chi connectivity index (χ3n) is 2.36. The van der Waals surface area contributed by atoms with E-state index in [4.69, 9.17) is 23.1 Å². The molecule has 1 aromatic rings. The van der Waals surface area contributed by atoms with Crippen molar-refractivity contribution in [2.75, 3.05) is 5.73 Å². The van der Waals surface area contributed by atoms with Crippen LogP contribution < -0.4 is 16.8 Å². The van der Waals surface area contributed by atoms with Gasteiger partial charge in [-0.2, -0.15) is 0 Å². The van der Waals surface area contributed by atoms with Crippen molar-refractivity contribution in [1.29, 1.82) is 0 Å². The van der Waals surface area contributed by atoms with Gasteiger partial charge in [-0.15, -0.1) is 0 Å². The van der Waals surface area contributed by atoms with E-state index in [1.165, 1.54) is 12.1 Å². The molecule has 1 aromatic carbocycles. The summed E-state index contributed by atoms with van der Waals surface area (Å²) in [6.45, 7) is 1.12. The van der Waals surface area contributed by atoms with E-state index in [2.05, 4.69) is 0 Å². The first-order chi connectivity index (χ1) is 8.66. The number of carbonyl (C=O) groups excluding carboxylic acids is 2. The minimum atomic E-state index is -4.07. The summed E-state index contributed by atoms with van der Waals surface area (Å²) in [6.07, 6.45) is 0. The van der Waals surface area contributed by atoms with Crippen molar-refractivity contribution >= 4 is 39.1 Å². The molecule has 0 saturated carbocycles. The highest BCUT2D eigenvalue weighted by molar-refractivity contribution is 7.93. The number of amides is 3. The number of sulfone groups is 1. The number of benzene rings is 1. The smallest absolute Gasteiger partial charge is 0.318 e. The molecule has 0 fully saturated rings. The average Bonchev–Trinajstić information content (AvgIpc) is 2.30. The largest absolute Gasteiger partial charge is 0.398 e. The predicted octanol–water partition coefficient (Wildman–Crippen LogP) is 0.279. The molecule has 0 aliphatic rings. The number of nitrogen functional groups attached to an aromatic ring is 1. The molecule has 0 aliphatic carbocycles. The van der Waals surface area contributed by atoms with Crippen molar-refractivity contribution in [2.45, 2.75) is 17.1 Å². The Bertz CT molecular complexity index is 630. The first-order valence-corrected chi connectivity index (χ1v) is 6.98. The number of hydrogen-bond donors (Lipinski definition) is 3. The zero-order chi connectivity index (χ0) is 14.8. The van der Waals surface area contributed by atoms with Crippen LogP contribution in [0.1, 0.15) is 6.92 Å². The molecule has 0 spiro atoms. The van der Waals surface area contributed by atoms with Crippen molar-refractivity contribution in [3.8, 4) is 0 Å². The van der Waals surface area contributed by atoms with Crippen LogP contribution in [0.4, 0.5) is 10.5 Å². The SMILES string of the molecule is CC(C(=O)NC(N)=O)S(=O)(=O)c1cc(Cl)ccc1N. The number of halogens is 1. The minimum absolute atomic E-state index is 0.0388. The van der Waals surface area contributed by atoms with Crippen molar-refractivity contribution in [3.63, 3.8) is 0 Å². The number of nitrogens with one attached hydrogen (secondary N) is 1. The van der Waals surface area contributed by atoms with E-state index < -0.39 is 27.0 Å². The lowest BCUT2D eigenvalue weighted by molar-refractivity contribution is -0.119. The molecule has 0 heterocycles. The summed E-state index contributed by atoms with van der Waals surface area (Å²) >= 11 is 5.70. The van der Waals surface area contributed by atoms with Crippen LogP contribution in [0, 0.1) is 0 Å². The number of hydrogen-bond acceptors (Lipinski definition) is 5. The van der Waals surface area contributed by atoms with Gasteiger partial charge in [0.1, 0.15) is 5.25 Å². The Kier molecular flexibility index (Phi) is 4.38. The highest BCUT2D eigenvalue weighted by Gasteiger charge is 2.32. The standard InChI is InChI=1S/C10H12ClN3O4S/c1-5(9(15)14-10(13)16)19(17,18)8-4-6(11)2-3-7(8)12/h2-5H,12H2,1H3,(H3,13,14,15,16). The molecule has 0 saturated heterocycles. The monoisotopic (exact) mass is 305 g/mol. The van der Waals surface area contributed by atoms with Crippen LogP contribution in [-0.4, -0.2) is 25.6 Å². The van der Waals surface area contributed by atoms with E-state index in [9.17, 15) is 18.0 Å². The van der Waals surface area contributed by atoms with Gasteiger partial charge in [-0.3, -0.25) is 10.1 Å². The van der Waals surface area contributed by atoms with Gasteiger partial charge in [0, 0.05) is 5.02 Å². The Morgan fingerprint density at radius 3 is 2.47 bits per heavy atom. The molecule has 9 heteroatoms. The molecule has 104 valence electrons.